The zero-order valence-corrected chi connectivity index (χ0v) is 16.5. The normalized spacial score (nSPS) is 13.3. The summed E-state index contributed by atoms with van der Waals surface area (Å²) in [5.74, 6) is -0.259. The molecule has 3 heterocycles. The molecule has 31 heavy (non-hydrogen) atoms. The highest BCUT2D eigenvalue weighted by Crippen LogP contribution is 2.27. The van der Waals surface area contributed by atoms with E-state index in [2.05, 4.69) is 10.3 Å². The van der Waals surface area contributed by atoms with Crippen LogP contribution in [0.2, 0.25) is 0 Å². The predicted octanol–water partition coefficient (Wildman–Crippen LogP) is 4.51. The summed E-state index contributed by atoms with van der Waals surface area (Å²) < 4.78 is 5.00. The second-order valence-corrected chi connectivity index (χ2v) is 7.08. The van der Waals surface area contributed by atoms with Gasteiger partial charge in [-0.15, -0.1) is 0 Å². The number of cyclic esters (lactones) is 1. The van der Waals surface area contributed by atoms with Gasteiger partial charge < -0.3 is 10.1 Å². The average molecular weight is 410 g/mol. The third kappa shape index (κ3) is 3.69. The number of ether oxygens (including phenoxy) is 1. The standard InChI is InChI=1S/C24H18N4O3/c29-23(26-17-6-3-7-18(13-17)28-11-12-31-24(28)30)20-14-22(16-5-4-10-25-15-16)27-21-9-2-1-8-19(20)21/h1-10,13-15H,11-12H2,(H,26,29). The van der Waals surface area contributed by atoms with Crippen molar-refractivity contribution in [3.05, 3.63) is 84.7 Å². The minimum atomic E-state index is -0.385. The predicted molar refractivity (Wildman–Crippen MR) is 118 cm³/mol. The average Bonchev–Trinajstić information content (AvgIpc) is 3.25. The molecule has 0 aliphatic carbocycles. The van der Waals surface area contributed by atoms with Crippen molar-refractivity contribution < 1.29 is 14.3 Å². The van der Waals surface area contributed by atoms with Crippen LogP contribution in [0.1, 0.15) is 10.4 Å². The lowest BCUT2D eigenvalue weighted by Crippen LogP contribution is -2.23. The van der Waals surface area contributed by atoms with Gasteiger partial charge in [0.1, 0.15) is 6.61 Å². The SMILES string of the molecule is O=C(Nc1cccc(N2CCOC2=O)c1)c1cc(-c2cccnc2)nc2ccccc12. The van der Waals surface area contributed by atoms with Crippen molar-refractivity contribution in [2.24, 2.45) is 0 Å². The van der Waals surface area contributed by atoms with Crippen LogP contribution in [-0.4, -0.2) is 35.1 Å². The highest BCUT2D eigenvalue weighted by molar-refractivity contribution is 6.13. The molecule has 1 fully saturated rings. The molecule has 1 saturated heterocycles. The molecule has 0 saturated carbocycles. The van der Waals surface area contributed by atoms with Gasteiger partial charge in [0.05, 0.1) is 23.3 Å². The summed E-state index contributed by atoms with van der Waals surface area (Å²) in [4.78, 5) is 35.5. The van der Waals surface area contributed by atoms with Gasteiger partial charge in [0, 0.05) is 34.7 Å². The first kappa shape index (κ1) is 18.7. The molecule has 2 aromatic heterocycles. The van der Waals surface area contributed by atoms with E-state index in [4.69, 9.17) is 9.72 Å². The fourth-order valence-electron chi connectivity index (χ4n) is 3.60. The van der Waals surface area contributed by atoms with Crippen molar-refractivity contribution in [1.82, 2.24) is 9.97 Å². The largest absolute Gasteiger partial charge is 0.447 e. The van der Waals surface area contributed by atoms with Gasteiger partial charge in [-0.05, 0) is 42.5 Å². The van der Waals surface area contributed by atoms with Crippen LogP contribution < -0.4 is 10.2 Å². The number of para-hydroxylation sites is 1. The molecule has 2 aromatic carbocycles. The zero-order valence-electron chi connectivity index (χ0n) is 16.5. The van der Waals surface area contributed by atoms with Crippen LogP contribution in [0.4, 0.5) is 16.2 Å². The zero-order chi connectivity index (χ0) is 21.2. The Morgan fingerprint density at radius 2 is 1.94 bits per heavy atom. The summed E-state index contributed by atoms with van der Waals surface area (Å²) in [6, 6.07) is 20.2. The Morgan fingerprint density at radius 1 is 1.03 bits per heavy atom. The van der Waals surface area contributed by atoms with Gasteiger partial charge in [-0.1, -0.05) is 24.3 Å². The van der Waals surface area contributed by atoms with E-state index in [1.54, 1.807) is 36.7 Å². The number of nitrogens with one attached hydrogen (secondary N) is 1. The Morgan fingerprint density at radius 3 is 2.74 bits per heavy atom. The number of hydrogen-bond donors (Lipinski definition) is 1. The summed E-state index contributed by atoms with van der Waals surface area (Å²) in [6.07, 6.45) is 3.03. The van der Waals surface area contributed by atoms with Gasteiger partial charge >= 0.3 is 6.09 Å². The van der Waals surface area contributed by atoms with E-state index in [0.29, 0.717) is 35.8 Å². The Hall–Kier alpha value is -4.26. The summed E-state index contributed by atoms with van der Waals surface area (Å²) in [5, 5.41) is 3.70. The fraction of sp³-hybridized carbons (Fsp3) is 0.0833. The highest BCUT2D eigenvalue weighted by Gasteiger charge is 2.24. The van der Waals surface area contributed by atoms with E-state index in [9.17, 15) is 9.59 Å². The molecule has 1 aliphatic rings. The summed E-state index contributed by atoms with van der Waals surface area (Å²) in [6.45, 7) is 0.843. The fourth-order valence-corrected chi connectivity index (χ4v) is 3.60. The number of pyridine rings is 2. The lowest BCUT2D eigenvalue weighted by atomic mass is 10.0. The van der Waals surface area contributed by atoms with Crippen molar-refractivity contribution in [3.8, 4) is 11.3 Å². The molecule has 1 N–H and O–H groups in total. The van der Waals surface area contributed by atoms with E-state index < -0.39 is 0 Å². The molecule has 4 aromatic rings. The topological polar surface area (TPSA) is 84.4 Å². The van der Waals surface area contributed by atoms with Crippen molar-refractivity contribution in [2.75, 3.05) is 23.4 Å². The maximum atomic E-state index is 13.2. The summed E-state index contributed by atoms with van der Waals surface area (Å²) in [7, 11) is 0. The number of rotatable bonds is 4. The number of fused-ring (bicyclic) bond motifs is 1. The van der Waals surface area contributed by atoms with Gasteiger partial charge in [-0.3, -0.25) is 14.7 Å². The number of carbonyl (C=O) groups excluding carboxylic acids is 2. The second kappa shape index (κ2) is 7.87. The molecule has 0 unspecified atom stereocenters. The van der Waals surface area contributed by atoms with Crippen molar-refractivity contribution >= 4 is 34.3 Å². The smallest absolute Gasteiger partial charge is 0.414 e. The molecule has 7 nitrogen and oxygen atoms in total. The van der Waals surface area contributed by atoms with E-state index in [1.807, 2.05) is 42.5 Å². The first-order chi connectivity index (χ1) is 15.2. The second-order valence-electron chi connectivity index (χ2n) is 7.08. The van der Waals surface area contributed by atoms with E-state index >= 15 is 0 Å². The third-order valence-corrected chi connectivity index (χ3v) is 5.09. The highest BCUT2D eigenvalue weighted by atomic mass is 16.6. The van der Waals surface area contributed by atoms with Crippen LogP contribution in [0.25, 0.3) is 22.2 Å². The number of amides is 2. The van der Waals surface area contributed by atoms with Gasteiger partial charge in [-0.2, -0.15) is 0 Å². The number of aromatic nitrogens is 2. The minimum Gasteiger partial charge on any atom is -0.447 e. The molecule has 0 spiro atoms. The lowest BCUT2D eigenvalue weighted by Gasteiger charge is -2.15. The molecular weight excluding hydrogens is 392 g/mol. The van der Waals surface area contributed by atoms with Crippen molar-refractivity contribution in [3.63, 3.8) is 0 Å². The van der Waals surface area contributed by atoms with Gasteiger partial charge in [0.2, 0.25) is 0 Å². The third-order valence-electron chi connectivity index (χ3n) is 5.09. The number of hydrogen-bond acceptors (Lipinski definition) is 5. The molecule has 1 aliphatic heterocycles. The molecule has 2 amide bonds. The maximum absolute atomic E-state index is 13.2. The Kier molecular flexibility index (Phi) is 4.76. The molecule has 152 valence electrons. The van der Waals surface area contributed by atoms with Gasteiger partial charge in [-0.25, -0.2) is 9.78 Å². The number of anilines is 2. The van der Waals surface area contributed by atoms with Crippen LogP contribution in [0.3, 0.4) is 0 Å². The van der Waals surface area contributed by atoms with Gasteiger partial charge in [0.25, 0.3) is 5.91 Å². The molecular formula is C24H18N4O3. The van der Waals surface area contributed by atoms with Crippen LogP contribution in [0, 0.1) is 0 Å². The van der Waals surface area contributed by atoms with Crippen LogP contribution in [-0.2, 0) is 4.74 Å². The molecule has 5 rings (SSSR count). The molecule has 0 bridgehead atoms. The van der Waals surface area contributed by atoms with Crippen LogP contribution in [0.15, 0.2) is 79.1 Å². The number of benzene rings is 2. The van der Waals surface area contributed by atoms with E-state index in [0.717, 1.165) is 16.5 Å². The maximum Gasteiger partial charge on any atom is 0.414 e. The van der Waals surface area contributed by atoms with Crippen LogP contribution in [0.5, 0.6) is 0 Å². The first-order valence-electron chi connectivity index (χ1n) is 9.85. The summed E-state index contributed by atoms with van der Waals surface area (Å²) >= 11 is 0. The number of carbonyl (C=O) groups is 2. The quantitative estimate of drug-likeness (QED) is 0.535. The molecule has 0 atom stereocenters. The Bertz CT molecular complexity index is 1290. The van der Waals surface area contributed by atoms with E-state index in [-0.39, 0.29) is 12.0 Å². The number of nitrogens with zero attached hydrogens (tertiary/aromatic N) is 3. The van der Waals surface area contributed by atoms with Crippen LogP contribution >= 0.6 is 0 Å². The summed E-state index contributed by atoms with van der Waals surface area (Å²) in [5.41, 5.74) is 4.00. The van der Waals surface area contributed by atoms with E-state index in [1.165, 1.54) is 4.90 Å². The Labute approximate surface area is 178 Å². The van der Waals surface area contributed by atoms with Gasteiger partial charge in [0.15, 0.2) is 0 Å². The lowest BCUT2D eigenvalue weighted by molar-refractivity contribution is 0.102. The Balaban J connectivity index is 1.51. The monoisotopic (exact) mass is 410 g/mol. The van der Waals surface area contributed by atoms with Crippen molar-refractivity contribution in [2.45, 2.75) is 0 Å². The minimum absolute atomic E-state index is 0.259. The molecule has 7 heteroatoms. The first-order valence-corrected chi connectivity index (χ1v) is 9.85. The van der Waals surface area contributed by atoms with Crippen molar-refractivity contribution in [1.29, 1.82) is 0 Å². The molecule has 0 radical (unpaired) electrons.